The SMILES string of the molecule is CC(C)(C)OC(=O)COc1ccc2c3c(ccc2c1)Oc1ccc2cc(OCC(=O)OC(C)(C)C)ccc2c1C3c1ccc(-c2ccccc2)cc1. The first-order valence-corrected chi connectivity index (χ1v) is 17.5. The minimum absolute atomic E-state index is 0.182. The second-order valence-electron chi connectivity index (χ2n) is 15.0. The van der Waals surface area contributed by atoms with Crippen molar-refractivity contribution in [3.63, 3.8) is 0 Å². The van der Waals surface area contributed by atoms with Gasteiger partial charge in [0.05, 0.1) is 0 Å². The number of rotatable bonds is 8. The summed E-state index contributed by atoms with van der Waals surface area (Å²) in [6.45, 7) is 10.6. The van der Waals surface area contributed by atoms with Gasteiger partial charge in [0, 0.05) is 17.0 Å². The van der Waals surface area contributed by atoms with E-state index in [1.54, 1.807) is 0 Å². The molecule has 0 amide bonds. The molecule has 0 atom stereocenters. The fourth-order valence-corrected chi connectivity index (χ4v) is 6.70. The highest BCUT2D eigenvalue weighted by molar-refractivity contribution is 5.96. The highest BCUT2D eigenvalue weighted by Crippen LogP contribution is 2.52. The summed E-state index contributed by atoms with van der Waals surface area (Å²) in [5.41, 5.74) is 4.28. The maximum absolute atomic E-state index is 12.4. The van der Waals surface area contributed by atoms with E-state index in [9.17, 15) is 9.59 Å². The molecule has 0 N–H and O–H groups in total. The van der Waals surface area contributed by atoms with Crippen molar-refractivity contribution in [3.8, 4) is 34.1 Å². The number of hydrogen-bond donors (Lipinski definition) is 0. The minimum atomic E-state index is -0.591. The Morgan fingerprint density at radius 2 is 1.02 bits per heavy atom. The van der Waals surface area contributed by atoms with Gasteiger partial charge in [0.1, 0.15) is 34.2 Å². The molecule has 1 heterocycles. The van der Waals surface area contributed by atoms with Gasteiger partial charge in [-0.2, -0.15) is 0 Å². The molecule has 0 spiro atoms. The summed E-state index contributed by atoms with van der Waals surface area (Å²) in [5.74, 6) is 1.66. The van der Waals surface area contributed by atoms with Gasteiger partial charge in [0.25, 0.3) is 0 Å². The maximum Gasteiger partial charge on any atom is 0.344 e. The molecular weight excluding hydrogens is 652 g/mol. The van der Waals surface area contributed by atoms with E-state index >= 15 is 0 Å². The normalized spacial score (nSPS) is 12.8. The number of hydrogen-bond acceptors (Lipinski definition) is 7. The molecule has 7 rings (SSSR count). The third-order valence-corrected chi connectivity index (χ3v) is 8.69. The number of ether oxygens (including phenoxy) is 5. The van der Waals surface area contributed by atoms with Crippen LogP contribution in [-0.2, 0) is 19.1 Å². The summed E-state index contributed by atoms with van der Waals surface area (Å²) in [7, 11) is 0. The molecule has 6 aromatic rings. The third-order valence-electron chi connectivity index (χ3n) is 8.69. The Labute approximate surface area is 304 Å². The van der Waals surface area contributed by atoms with E-state index in [1.807, 2.05) is 120 Å². The third kappa shape index (κ3) is 7.59. The lowest BCUT2D eigenvalue weighted by molar-refractivity contribution is -0.158. The summed E-state index contributed by atoms with van der Waals surface area (Å²) >= 11 is 0. The van der Waals surface area contributed by atoms with Gasteiger partial charge in [-0.1, -0.05) is 78.9 Å². The predicted molar refractivity (Wildman–Crippen MR) is 203 cm³/mol. The van der Waals surface area contributed by atoms with Crippen molar-refractivity contribution in [2.24, 2.45) is 0 Å². The van der Waals surface area contributed by atoms with Gasteiger partial charge in [0.2, 0.25) is 0 Å². The van der Waals surface area contributed by atoms with E-state index in [-0.39, 0.29) is 19.1 Å². The molecule has 52 heavy (non-hydrogen) atoms. The number of fused-ring (bicyclic) bond motifs is 6. The van der Waals surface area contributed by atoms with Crippen LogP contribution in [0.1, 0.15) is 64.2 Å². The van der Waals surface area contributed by atoms with Gasteiger partial charge in [0.15, 0.2) is 13.2 Å². The van der Waals surface area contributed by atoms with E-state index < -0.39 is 23.1 Å². The molecule has 0 aliphatic carbocycles. The van der Waals surface area contributed by atoms with E-state index in [4.69, 9.17) is 23.7 Å². The average Bonchev–Trinajstić information content (AvgIpc) is 3.11. The lowest BCUT2D eigenvalue weighted by Gasteiger charge is -2.31. The summed E-state index contributed by atoms with van der Waals surface area (Å²) in [5, 5.41) is 3.94. The summed E-state index contributed by atoms with van der Waals surface area (Å²) in [6, 6.07) is 38.8. The van der Waals surface area contributed by atoms with Gasteiger partial charge in [-0.15, -0.1) is 0 Å². The van der Waals surface area contributed by atoms with Crippen LogP contribution in [0.2, 0.25) is 0 Å². The lowest BCUT2D eigenvalue weighted by atomic mass is 9.78. The topological polar surface area (TPSA) is 80.3 Å². The van der Waals surface area contributed by atoms with Crippen molar-refractivity contribution in [2.45, 2.75) is 58.7 Å². The Morgan fingerprint density at radius 3 is 1.48 bits per heavy atom. The molecular formula is C45H42O7. The summed E-state index contributed by atoms with van der Waals surface area (Å²) < 4.78 is 29.3. The van der Waals surface area contributed by atoms with Crippen LogP contribution in [0.4, 0.5) is 0 Å². The molecule has 7 heteroatoms. The standard InChI is InChI=1S/C45H42O7/c1-44(2,3)51-39(46)26-48-33-18-20-35-31(24-33)16-22-37-42(35)41(30-14-12-29(13-15-30)28-10-8-7-9-11-28)43-36-21-19-34(25-32(36)17-23-38(43)50-37)49-27-40(47)52-45(4,5)6/h7-25,41H,26-27H2,1-6H3. The van der Waals surface area contributed by atoms with Crippen LogP contribution >= 0.6 is 0 Å². The largest absolute Gasteiger partial charge is 0.482 e. The summed E-state index contributed by atoms with van der Waals surface area (Å²) in [4.78, 5) is 24.7. The first-order valence-electron chi connectivity index (χ1n) is 17.5. The zero-order valence-corrected chi connectivity index (χ0v) is 30.3. The zero-order valence-electron chi connectivity index (χ0n) is 30.3. The van der Waals surface area contributed by atoms with E-state index in [0.717, 1.165) is 60.9 Å². The fourth-order valence-electron chi connectivity index (χ4n) is 6.70. The summed E-state index contributed by atoms with van der Waals surface area (Å²) in [6.07, 6.45) is 0. The van der Waals surface area contributed by atoms with E-state index in [1.165, 1.54) is 0 Å². The van der Waals surface area contributed by atoms with Crippen LogP contribution in [0.25, 0.3) is 32.7 Å². The van der Waals surface area contributed by atoms with Crippen molar-refractivity contribution in [3.05, 3.63) is 132 Å². The Hall–Kier alpha value is -5.82. The average molecular weight is 695 g/mol. The Kier molecular flexibility index (Phi) is 9.13. The molecule has 0 aromatic heterocycles. The van der Waals surface area contributed by atoms with Gasteiger partial charge >= 0.3 is 11.9 Å². The Bertz CT molecular complexity index is 2160. The molecule has 1 aliphatic heterocycles. The highest BCUT2D eigenvalue weighted by Gasteiger charge is 2.32. The number of benzene rings is 6. The van der Waals surface area contributed by atoms with Crippen LogP contribution in [0.5, 0.6) is 23.0 Å². The molecule has 0 fully saturated rings. The van der Waals surface area contributed by atoms with Gasteiger partial charge in [-0.25, -0.2) is 9.59 Å². The van der Waals surface area contributed by atoms with Crippen molar-refractivity contribution in [1.82, 2.24) is 0 Å². The van der Waals surface area contributed by atoms with E-state index in [0.29, 0.717) is 11.5 Å². The quantitative estimate of drug-likeness (QED) is 0.147. The molecule has 264 valence electrons. The van der Waals surface area contributed by atoms with Crippen molar-refractivity contribution in [1.29, 1.82) is 0 Å². The lowest BCUT2D eigenvalue weighted by Crippen LogP contribution is -2.27. The first-order chi connectivity index (χ1) is 24.8. The van der Waals surface area contributed by atoms with Crippen molar-refractivity contribution in [2.75, 3.05) is 13.2 Å². The molecule has 0 saturated heterocycles. The molecule has 6 aromatic carbocycles. The first kappa shape index (κ1) is 34.6. The number of carbonyl (C=O) groups is 2. The van der Waals surface area contributed by atoms with Gasteiger partial charge in [-0.05, 0) is 116 Å². The number of esters is 2. The smallest absolute Gasteiger partial charge is 0.344 e. The Morgan fingerprint density at radius 1 is 0.558 bits per heavy atom. The second-order valence-corrected chi connectivity index (χ2v) is 15.0. The van der Waals surface area contributed by atoms with E-state index in [2.05, 4.69) is 36.4 Å². The monoisotopic (exact) mass is 694 g/mol. The second kappa shape index (κ2) is 13.7. The zero-order chi connectivity index (χ0) is 36.6. The van der Waals surface area contributed by atoms with Crippen LogP contribution in [0, 0.1) is 0 Å². The van der Waals surface area contributed by atoms with Crippen LogP contribution in [0.3, 0.4) is 0 Å². The van der Waals surface area contributed by atoms with Crippen molar-refractivity contribution >= 4 is 33.5 Å². The van der Waals surface area contributed by atoms with Crippen molar-refractivity contribution < 1.29 is 33.3 Å². The van der Waals surface area contributed by atoms with Gasteiger partial charge in [-0.3, -0.25) is 0 Å². The molecule has 0 radical (unpaired) electrons. The minimum Gasteiger partial charge on any atom is -0.482 e. The maximum atomic E-state index is 12.4. The van der Waals surface area contributed by atoms with Gasteiger partial charge < -0.3 is 23.7 Å². The van der Waals surface area contributed by atoms with Crippen LogP contribution in [0.15, 0.2) is 115 Å². The molecule has 0 saturated carbocycles. The molecule has 1 aliphatic rings. The molecule has 0 bridgehead atoms. The Balaban J connectivity index is 1.29. The molecule has 7 nitrogen and oxygen atoms in total. The highest BCUT2D eigenvalue weighted by atomic mass is 16.6. The molecule has 0 unspecified atom stereocenters. The number of carbonyl (C=O) groups excluding carboxylic acids is 2. The predicted octanol–water partition coefficient (Wildman–Crippen LogP) is 10.4. The van der Waals surface area contributed by atoms with Crippen LogP contribution in [-0.4, -0.2) is 36.4 Å². The van der Waals surface area contributed by atoms with Crippen LogP contribution < -0.4 is 14.2 Å². The fraction of sp³-hybridized carbons (Fsp3) is 0.244.